The van der Waals surface area contributed by atoms with Crippen LogP contribution in [0.15, 0.2) is 48.5 Å². The highest BCUT2D eigenvalue weighted by Gasteiger charge is 2.22. The van der Waals surface area contributed by atoms with Gasteiger partial charge in [0.1, 0.15) is 5.75 Å². The van der Waals surface area contributed by atoms with Gasteiger partial charge in [-0.15, -0.1) is 0 Å². The number of nitro groups is 2. The molecule has 0 saturated carbocycles. The molecule has 0 bridgehead atoms. The van der Waals surface area contributed by atoms with Crippen molar-refractivity contribution < 1.29 is 24.1 Å². The number of rotatable bonds is 9. The zero-order valence-corrected chi connectivity index (χ0v) is 18.0. The van der Waals surface area contributed by atoms with Crippen molar-refractivity contribution in [3.8, 4) is 17.2 Å². The number of para-hydroxylation sites is 2. The van der Waals surface area contributed by atoms with Crippen molar-refractivity contribution >= 4 is 23.1 Å². The van der Waals surface area contributed by atoms with Gasteiger partial charge in [0.25, 0.3) is 5.69 Å². The molecule has 0 aliphatic carbocycles. The second-order valence-corrected chi connectivity index (χ2v) is 7.20. The predicted molar refractivity (Wildman–Crippen MR) is 118 cm³/mol. The number of ether oxygens (including phenoxy) is 2. The molecule has 33 heavy (non-hydrogen) atoms. The van der Waals surface area contributed by atoms with Gasteiger partial charge in [0.15, 0.2) is 11.5 Å². The average molecular weight is 455 g/mol. The van der Waals surface area contributed by atoms with Gasteiger partial charge < -0.3 is 24.9 Å². The van der Waals surface area contributed by atoms with E-state index in [0.29, 0.717) is 17.2 Å². The topological polar surface area (TPSA) is 152 Å². The van der Waals surface area contributed by atoms with Crippen molar-refractivity contribution in [3.05, 3.63) is 74.5 Å². The van der Waals surface area contributed by atoms with E-state index in [2.05, 4.69) is 10.4 Å². The SMILES string of the molecule is COc1ccccc1Oc1cc(NC(=O)C(C)Cn2nc([N+](=O)[O-])cc2C)cc([N+](=O)[O-])c1. The van der Waals surface area contributed by atoms with E-state index in [1.54, 1.807) is 38.1 Å². The quantitative estimate of drug-likeness (QED) is 0.374. The number of aromatic nitrogens is 2. The summed E-state index contributed by atoms with van der Waals surface area (Å²) < 4.78 is 12.3. The van der Waals surface area contributed by atoms with E-state index in [1.807, 2.05) is 0 Å². The van der Waals surface area contributed by atoms with Crippen LogP contribution in [0.2, 0.25) is 0 Å². The Morgan fingerprint density at radius 1 is 1.12 bits per heavy atom. The van der Waals surface area contributed by atoms with Crippen molar-refractivity contribution in [2.75, 3.05) is 12.4 Å². The maximum atomic E-state index is 12.7. The molecule has 3 aromatic rings. The predicted octanol–water partition coefficient (Wildman–Crippen LogP) is 4.08. The fourth-order valence-electron chi connectivity index (χ4n) is 3.02. The summed E-state index contributed by atoms with van der Waals surface area (Å²) in [6, 6.07) is 12.0. The lowest BCUT2D eigenvalue weighted by atomic mass is 10.1. The van der Waals surface area contributed by atoms with Crippen molar-refractivity contribution in [1.82, 2.24) is 9.78 Å². The highest BCUT2D eigenvalue weighted by Crippen LogP contribution is 2.34. The third-order valence-electron chi connectivity index (χ3n) is 4.72. The third kappa shape index (κ3) is 5.61. The van der Waals surface area contributed by atoms with E-state index < -0.39 is 21.7 Å². The number of aryl methyl sites for hydroxylation is 1. The van der Waals surface area contributed by atoms with Crippen LogP contribution in [-0.2, 0) is 11.3 Å². The van der Waals surface area contributed by atoms with Crippen LogP contribution in [0.5, 0.6) is 17.2 Å². The van der Waals surface area contributed by atoms with Crippen LogP contribution in [0.1, 0.15) is 12.6 Å². The van der Waals surface area contributed by atoms with Crippen LogP contribution in [0, 0.1) is 33.1 Å². The number of benzene rings is 2. The van der Waals surface area contributed by atoms with Crippen molar-refractivity contribution in [1.29, 1.82) is 0 Å². The summed E-state index contributed by atoms with van der Waals surface area (Å²) in [4.78, 5) is 33.8. The molecule has 172 valence electrons. The Hall–Kier alpha value is -4.48. The zero-order chi connectivity index (χ0) is 24.1. The Balaban J connectivity index is 1.79. The Labute approximate surface area is 188 Å². The average Bonchev–Trinajstić information content (AvgIpc) is 3.14. The molecule has 2 aromatic carbocycles. The number of hydrogen-bond donors (Lipinski definition) is 1. The molecule has 1 N–H and O–H groups in total. The Morgan fingerprint density at radius 3 is 2.42 bits per heavy atom. The normalized spacial score (nSPS) is 11.5. The van der Waals surface area contributed by atoms with Gasteiger partial charge in [-0.25, -0.2) is 0 Å². The summed E-state index contributed by atoms with van der Waals surface area (Å²) in [5.41, 5.74) is 0.419. The monoisotopic (exact) mass is 455 g/mol. The first-order valence-electron chi connectivity index (χ1n) is 9.78. The number of methoxy groups -OCH3 is 1. The third-order valence-corrected chi connectivity index (χ3v) is 4.72. The van der Waals surface area contributed by atoms with Crippen LogP contribution in [-0.4, -0.2) is 32.6 Å². The minimum Gasteiger partial charge on any atom is -0.493 e. The standard InChI is InChI=1S/C21H21N5O7/c1-13(12-24-14(2)8-20(23-24)26(30)31)21(27)22-15-9-16(25(28)29)11-17(10-15)33-19-7-5-4-6-18(19)32-3/h4-11,13H,12H2,1-3H3,(H,22,27). The van der Waals surface area contributed by atoms with Crippen LogP contribution >= 0.6 is 0 Å². The minimum absolute atomic E-state index is 0.0883. The largest absolute Gasteiger partial charge is 0.493 e. The summed E-state index contributed by atoms with van der Waals surface area (Å²) in [7, 11) is 1.47. The Kier molecular flexibility index (Phi) is 6.86. The second-order valence-electron chi connectivity index (χ2n) is 7.20. The fraction of sp³-hybridized carbons (Fsp3) is 0.238. The molecule has 0 aliphatic rings. The zero-order valence-electron chi connectivity index (χ0n) is 18.0. The summed E-state index contributed by atoms with van der Waals surface area (Å²) in [6.07, 6.45) is 0. The maximum Gasteiger partial charge on any atom is 0.390 e. The first kappa shape index (κ1) is 23.2. The maximum absolute atomic E-state index is 12.7. The smallest absolute Gasteiger partial charge is 0.390 e. The number of carbonyl (C=O) groups is 1. The second kappa shape index (κ2) is 9.77. The molecule has 0 saturated heterocycles. The number of nitrogens with one attached hydrogen (secondary N) is 1. The van der Waals surface area contributed by atoms with Crippen LogP contribution < -0.4 is 14.8 Å². The number of carbonyl (C=O) groups excluding carboxylic acids is 1. The van der Waals surface area contributed by atoms with Crippen LogP contribution in [0.4, 0.5) is 17.2 Å². The molecule has 0 fully saturated rings. The molecule has 12 nitrogen and oxygen atoms in total. The molecule has 3 rings (SSSR count). The van der Waals surface area contributed by atoms with Gasteiger partial charge in [0.05, 0.1) is 53.1 Å². The Morgan fingerprint density at radius 2 is 1.82 bits per heavy atom. The molecular formula is C21H21N5O7. The molecule has 0 aliphatic heterocycles. The highest BCUT2D eigenvalue weighted by atomic mass is 16.6. The molecule has 1 amide bonds. The van der Waals surface area contributed by atoms with E-state index in [0.717, 1.165) is 0 Å². The van der Waals surface area contributed by atoms with Gasteiger partial charge in [0.2, 0.25) is 5.91 Å². The number of anilines is 1. The Bertz CT molecular complexity index is 1210. The van der Waals surface area contributed by atoms with Crippen molar-refractivity contribution in [2.24, 2.45) is 5.92 Å². The van der Waals surface area contributed by atoms with E-state index in [-0.39, 0.29) is 29.5 Å². The molecule has 12 heteroatoms. The van der Waals surface area contributed by atoms with Gasteiger partial charge in [0, 0.05) is 12.1 Å². The molecule has 0 radical (unpaired) electrons. The van der Waals surface area contributed by atoms with Gasteiger partial charge in [-0.2, -0.15) is 4.68 Å². The minimum atomic E-state index is -0.638. The van der Waals surface area contributed by atoms with Gasteiger partial charge >= 0.3 is 5.82 Å². The fourth-order valence-corrected chi connectivity index (χ4v) is 3.02. The number of amides is 1. The lowest BCUT2D eigenvalue weighted by Gasteiger charge is -2.14. The number of nitro benzene ring substituents is 1. The first-order chi connectivity index (χ1) is 15.7. The number of hydrogen-bond acceptors (Lipinski definition) is 8. The lowest BCUT2D eigenvalue weighted by Crippen LogP contribution is -2.25. The van der Waals surface area contributed by atoms with E-state index in [4.69, 9.17) is 9.47 Å². The molecular weight excluding hydrogens is 434 g/mol. The van der Waals surface area contributed by atoms with Crippen LogP contribution in [0.3, 0.4) is 0 Å². The molecule has 1 unspecified atom stereocenters. The molecule has 0 spiro atoms. The summed E-state index contributed by atoms with van der Waals surface area (Å²) >= 11 is 0. The van der Waals surface area contributed by atoms with E-state index >= 15 is 0 Å². The lowest BCUT2D eigenvalue weighted by molar-refractivity contribution is -0.389. The highest BCUT2D eigenvalue weighted by molar-refractivity contribution is 5.92. The molecule has 1 atom stereocenters. The van der Waals surface area contributed by atoms with E-state index in [9.17, 15) is 25.0 Å². The van der Waals surface area contributed by atoms with Gasteiger partial charge in [-0.1, -0.05) is 19.1 Å². The van der Waals surface area contributed by atoms with Gasteiger partial charge in [-0.3, -0.25) is 14.9 Å². The molecule has 1 heterocycles. The number of non-ortho nitro benzene ring substituents is 1. The van der Waals surface area contributed by atoms with Crippen LogP contribution in [0.25, 0.3) is 0 Å². The van der Waals surface area contributed by atoms with Crippen molar-refractivity contribution in [3.63, 3.8) is 0 Å². The number of nitrogens with zero attached hydrogens (tertiary/aromatic N) is 4. The van der Waals surface area contributed by atoms with Gasteiger partial charge in [-0.05, 0) is 24.0 Å². The summed E-state index contributed by atoms with van der Waals surface area (Å²) in [5.74, 6) is -0.474. The first-order valence-corrected chi connectivity index (χ1v) is 9.78. The molecule has 1 aromatic heterocycles. The van der Waals surface area contributed by atoms with Crippen molar-refractivity contribution in [2.45, 2.75) is 20.4 Å². The summed E-state index contributed by atoms with van der Waals surface area (Å²) in [6.45, 7) is 3.35. The van der Waals surface area contributed by atoms with E-state index in [1.165, 1.54) is 36.1 Å². The summed E-state index contributed by atoms with van der Waals surface area (Å²) in [5, 5.41) is 28.8.